The number of aliphatic carboxylic acids is 1. The molecule has 0 amide bonds. The van der Waals surface area contributed by atoms with Crippen LogP contribution in [0.15, 0.2) is 57.9 Å². The Labute approximate surface area is 141 Å². The molecule has 1 N–H and O–H groups in total. The van der Waals surface area contributed by atoms with E-state index >= 15 is 0 Å². The lowest BCUT2D eigenvalue weighted by Crippen LogP contribution is -2.43. The van der Waals surface area contributed by atoms with E-state index in [9.17, 15) is 22.7 Å². The number of sulfonamides is 1. The smallest absolute Gasteiger partial charge is 0.327 e. The number of nitrogens with zero attached hydrogens (tertiary/aromatic N) is 1. The molecular weight excluding hydrogens is 389 g/mol. The molecule has 0 saturated carbocycles. The van der Waals surface area contributed by atoms with Crippen LogP contribution in [0.5, 0.6) is 0 Å². The van der Waals surface area contributed by atoms with Gasteiger partial charge in [0.2, 0.25) is 0 Å². The van der Waals surface area contributed by atoms with Crippen LogP contribution in [0.25, 0.3) is 0 Å². The second-order valence-electron chi connectivity index (χ2n) is 4.72. The van der Waals surface area contributed by atoms with Gasteiger partial charge in [0, 0.05) is 4.47 Å². The molecule has 0 bridgehead atoms. The van der Waals surface area contributed by atoms with E-state index in [4.69, 9.17) is 0 Å². The van der Waals surface area contributed by atoms with E-state index in [2.05, 4.69) is 15.9 Å². The Morgan fingerprint density at radius 2 is 1.74 bits per heavy atom. The van der Waals surface area contributed by atoms with Gasteiger partial charge in [-0.1, -0.05) is 12.1 Å². The second-order valence-corrected chi connectivity index (χ2v) is 7.39. The van der Waals surface area contributed by atoms with Crippen molar-refractivity contribution < 1.29 is 22.7 Å². The van der Waals surface area contributed by atoms with Crippen molar-refractivity contribution in [3.05, 3.63) is 58.8 Å². The highest BCUT2D eigenvalue weighted by Crippen LogP contribution is 2.32. The van der Waals surface area contributed by atoms with Gasteiger partial charge in [-0.05, 0) is 59.3 Å². The van der Waals surface area contributed by atoms with Crippen LogP contribution < -0.4 is 4.31 Å². The van der Waals surface area contributed by atoms with Crippen molar-refractivity contribution in [3.8, 4) is 0 Å². The van der Waals surface area contributed by atoms with Crippen molar-refractivity contribution in [2.45, 2.75) is 17.9 Å². The molecule has 8 heteroatoms. The first-order valence-corrected chi connectivity index (χ1v) is 8.76. The maximum absolute atomic E-state index is 13.0. The van der Waals surface area contributed by atoms with Crippen LogP contribution >= 0.6 is 15.9 Å². The maximum atomic E-state index is 13.0. The molecule has 1 atom stereocenters. The number of para-hydroxylation sites is 1. The largest absolute Gasteiger partial charge is 0.480 e. The Kier molecular flexibility index (Phi) is 5.06. The average Bonchev–Trinajstić information content (AvgIpc) is 2.49. The van der Waals surface area contributed by atoms with Crippen LogP contribution in [0.1, 0.15) is 6.92 Å². The number of carboxylic acids is 1. The normalized spacial score (nSPS) is 12.7. The molecule has 0 spiro atoms. The minimum atomic E-state index is -4.18. The Balaban J connectivity index is 2.64. The van der Waals surface area contributed by atoms with E-state index in [0.717, 1.165) is 28.6 Å². The molecule has 0 aliphatic heterocycles. The van der Waals surface area contributed by atoms with Gasteiger partial charge in [-0.15, -0.1) is 0 Å². The Morgan fingerprint density at radius 3 is 2.26 bits per heavy atom. The monoisotopic (exact) mass is 401 g/mol. The van der Waals surface area contributed by atoms with Crippen molar-refractivity contribution in [2.24, 2.45) is 0 Å². The molecule has 0 radical (unpaired) electrons. The summed E-state index contributed by atoms with van der Waals surface area (Å²) >= 11 is 3.23. The highest BCUT2D eigenvalue weighted by atomic mass is 79.9. The standard InChI is InChI=1S/C15H13BrFNO4S/c1-10(15(19)20)18(14-5-3-2-4-13(14)16)23(21,22)12-8-6-11(17)7-9-12/h2-10H,1H3,(H,19,20). The van der Waals surface area contributed by atoms with Crippen molar-refractivity contribution in [1.29, 1.82) is 0 Å². The number of hydrogen-bond donors (Lipinski definition) is 1. The van der Waals surface area contributed by atoms with Crippen molar-refractivity contribution in [3.63, 3.8) is 0 Å². The number of rotatable bonds is 5. The van der Waals surface area contributed by atoms with Crippen LogP contribution in [0.4, 0.5) is 10.1 Å². The van der Waals surface area contributed by atoms with Crippen molar-refractivity contribution in [2.75, 3.05) is 4.31 Å². The van der Waals surface area contributed by atoms with Gasteiger partial charge >= 0.3 is 5.97 Å². The van der Waals surface area contributed by atoms with Crippen LogP contribution in [-0.4, -0.2) is 25.5 Å². The highest BCUT2D eigenvalue weighted by Gasteiger charge is 2.34. The molecule has 0 saturated heterocycles. The zero-order valence-corrected chi connectivity index (χ0v) is 14.4. The van der Waals surface area contributed by atoms with Crippen LogP contribution in [0.2, 0.25) is 0 Å². The third-order valence-electron chi connectivity index (χ3n) is 3.17. The molecule has 0 aliphatic rings. The van der Waals surface area contributed by atoms with Crippen LogP contribution in [-0.2, 0) is 14.8 Å². The second kappa shape index (κ2) is 6.67. The molecular formula is C15H13BrFNO4S. The molecule has 23 heavy (non-hydrogen) atoms. The maximum Gasteiger partial charge on any atom is 0.327 e. The number of carboxylic acid groups (broad SMARTS) is 1. The van der Waals surface area contributed by atoms with Crippen molar-refractivity contribution >= 4 is 37.6 Å². The molecule has 122 valence electrons. The molecule has 1 unspecified atom stereocenters. The number of benzene rings is 2. The first kappa shape index (κ1) is 17.4. The zero-order chi connectivity index (χ0) is 17.2. The molecule has 2 aromatic carbocycles. The summed E-state index contributed by atoms with van der Waals surface area (Å²) in [4.78, 5) is 11.2. The summed E-state index contributed by atoms with van der Waals surface area (Å²) in [6, 6.07) is 9.26. The lowest BCUT2D eigenvalue weighted by Gasteiger charge is -2.28. The fourth-order valence-corrected chi connectivity index (χ4v) is 4.22. The van der Waals surface area contributed by atoms with Gasteiger partial charge < -0.3 is 5.11 Å². The Hall–Kier alpha value is -1.93. The summed E-state index contributed by atoms with van der Waals surface area (Å²) in [7, 11) is -4.18. The number of halogens is 2. The molecule has 0 aliphatic carbocycles. The lowest BCUT2D eigenvalue weighted by molar-refractivity contribution is -0.137. The van der Waals surface area contributed by atoms with E-state index in [1.54, 1.807) is 18.2 Å². The topological polar surface area (TPSA) is 74.7 Å². The average molecular weight is 402 g/mol. The summed E-state index contributed by atoms with van der Waals surface area (Å²) in [6.07, 6.45) is 0. The highest BCUT2D eigenvalue weighted by molar-refractivity contribution is 9.10. The number of hydrogen-bond acceptors (Lipinski definition) is 3. The first-order valence-electron chi connectivity index (χ1n) is 6.52. The van der Waals surface area contributed by atoms with Gasteiger partial charge in [-0.3, -0.25) is 4.31 Å². The fraction of sp³-hybridized carbons (Fsp3) is 0.133. The molecule has 5 nitrogen and oxygen atoms in total. The van der Waals surface area contributed by atoms with Gasteiger partial charge in [-0.25, -0.2) is 17.6 Å². The zero-order valence-electron chi connectivity index (χ0n) is 12.0. The summed E-state index contributed by atoms with van der Waals surface area (Å²) < 4.78 is 40.0. The first-order chi connectivity index (χ1) is 10.7. The SMILES string of the molecule is CC(C(=O)O)N(c1ccccc1Br)S(=O)(=O)c1ccc(F)cc1. The molecule has 2 aromatic rings. The fourth-order valence-electron chi connectivity index (χ4n) is 2.00. The van der Waals surface area contributed by atoms with Crippen molar-refractivity contribution in [1.82, 2.24) is 0 Å². The summed E-state index contributed by atoms with van der Waals surface area (Å²) in [5.41, 5.74) is 0.187. The minimum Gasteiger partial charge on any atom is -0.480 e. The summed E-state index contributed by atoms with van der Waals surface area (Å²) in [6.45, 7) is 1.27. The Morgan fingerprint density at radius 1 is 1.17 bits per heavy atom. The Bertz CT molecular complexity index is 824. The number of anilines is 1. The minimum absolute atomic E-state index is 0.187. The number of carbonyl (C=O) groups is 1. The van der Waals surface area contributed by atoms with E-state index in [1.165, 1.54) is 13.0 Å². The third kappa shape index (κ3) is 3.53. The van der Waals surface area contributed by atoms with Gasteiger partial charge in [0.15, 0.2) is 0 Å². The van der Waals surface area contributed by atoms with Gasteiger partial charge in [-0.2, -0.15) is 0 Å². The van der Waals surface area contributed by atoms with Crippen LogP contribution in [0.3, 0.4) is 0 Å². The third-order valence-corrected chi connectivity index (χ3v) is 5.74. The van der Waals surface area contributed by atoms with Gasteiger partial charge in [0.1, 0.15) is 11.9 Å². The lowest BCUT2D eigenvalue weighted by atomic mass is 10.2. The quantitative estimate of drug-likeness (QED) is 0.833. The van der Waals surface area contributed by atoms with Gasteiger partial charge in [0.05, 0.1) is 10.6 Å². The van der Waals surface area contributed by atoms with E-state index < -0.39 is 27.9 Å². The van der Waals surface area contributed by atoms with Crippen LogP contribution in [0, 0.1) is 5.82 Å². The van der Waals surface area contributed by atoms with Gasteiger partial charge in [0.25, 0.3) is 10.0 Å². The molecule has 0 aromatic heterocycles. The van der Waals surface area contributed by atoms with E-state index in [0.29, 0.717) is 4.47 Å². The predicted octanol–water partition coefficient (Wildman–Crippen LogP) is 3.26. The van der Waals surface area contributed by atoms with E-state index in [-0.39, 0.29) is 10.6 Å². The predicted molar refractivity (Wildman–Crippen MR) is 87.3 cm³/mol. The van der Waals surface area contributed by atoms with E-state index in [1.807, 2.05) is 0 Å². The molecule has 2 rings (SSSR count). The molecule has 0 fully saturated rings. The summed E-state index contributed by atoms with van der Waals surface area (Å²) in [5, 5.41) is 9.28. The summed E-state index contributed by atoms with van der Waals surface area (Å²) in [5.74, 6) is -1.88. The molecule has 0 heterocycles.